The van der Waals surface area contributed by atoms with Crippen molar-refractivity contribution in [2.45, 2.75) is 26.8 Å². The summed E-state index contributed by atoms with van der Waals surface area (Å²) in [7, 11) is 0. The number of nitrogens with one attached hydrogen (secondary N) is 1. The Labute approximate surface area is 133 Å². The number of nitrogen functional groups attached to an aromatic ring is 1. The molecule has 0 saturated carbocycles. The number of carbonyl (C=O) groups is 1. The van der Waals surface area contributed by atoms with E-state index in [-0.39, 0.29) is 11.9 Å². The molecule has 2 rings (SSSR count). The number of halogens is 1. The van der Waals surface area contributed by atoms with Gasteiger partial charge in [0.1, 0.15) is 0 Å². The third-order valence-corrected chi connectivity index (χ3v) is 4.12. The van der Waals surface area contributed by atoms with Crippen LogP contribution in [0.15, 0.2) is 40.9 Å². The topological polar surface area (TPSA) is 55.1 Å². The Bertz CT molecular complexity index is 682. The van der Waals surface area contributed by atoms with Gasteiger partial charge in [0.05, 0.1) is 6.04 Å². The quantitative estimate of drug-likeness (QED) is 0.820. The number of hydrogen-bond donors (Lipinski definition) is 2. The van der Waals surface area contributed by atoms with Crippen LogP contribution < -0.4 is 11.1 Å². The van der Waals surface area contributed by atoms with Gasteiger partial charge >= 0.3 is 0 Å². The Hall–Kier alpha value is -1.81. The summed E-state index contributed by atoms with van der Waals surface area (Å²) in [6, 6.07) is 11.6. The zero-order valence-electron chi connectivity index (χ0n) is 12.4. The van der Waals surface area contributed by atoms with Gasteiger partial charge in [-0.3, -0.25) is 4.79 Å². The number of carbonyl (C=O) groups excluding carboxylic acids is 1. The fourth-order valence-corrected chi connectivity index (χ4v) is 2.84. The van der Waals surface area contributed by atoms with Crippen LogP contribution in [-0.2, 0) is 0 Å². The van der Waals surface area contributed by atoms with E-state index < -0.39 is 0 Å². The monoisotopic (exact) mass is 346 g/mol. The first-order valence-electron chi connectivity index (χ1n) is 6.82. The number of rotatable bonds is 3. The van der Waals surface area contributed by atoms with Crippen molar-refractivity contribution in [3.63, 3.8) is 0 Å². The molecule has 0 bridgehead atoms. The lowest BCUT2D eigenvalue weighted by molar-refractivity contribution is 0.0939. The molecular formula is C17H19BrN2O. The van der Waals surface area contributed by atoms with Crippen molar-refractivity contribution in [3.8, 4) is 0 Å². The molecule has 0 heterocycles. The van der Waals surface area contributed by atoms with E-state index in [0.717, 1.165) is 21.2 Å². The highest BCUT2D eigenvalue weighted by molar-refractivity contribution is 9.10. The predicted molar refractivity (Wildman–Crippen MR) is 90.4 cm³/mol. The summed E-state index contributed by atoms with van der Waals surface area (Å²) in [6.45, 7) is 5.88. The Morgan fingerprint density at radius 3 is 2.57 bits per heavy atom. The fourth-order valence-electron chi connectivity index (χ4n) is 2.36. The molecule has 0 aromatic heterocycles. The minimum absolute atomic E-state index is 0.0571. The Morgan fingerprint density at radius 2 is 1.90 bits per heavy atom. The lowest BCUT2D eigenvalue weighted by atomic mass is 10.0. The third-order valence-electron chi connectivity index (χ3n) is 3.66. The van der Waals surface area contributed by atoms with Gasteiger partial charge in [-0.05, 0) is 49.6 Å². The molecule has 1 amide bonds. The van der Waals surface area contributed by atoms with E-state index in [4.69, 9.17) is 5.73 Å². The lowest BCUT2D eigenvalue weighted by Crippen LogP contribution is -2.28. The van der Waals surface area contributed by atoms with Gasteiger partial charge in [-0.2, -0.15) is 0 Å². The van der Waals surface area contributed by atoms with Crippen molar-refractivity contribution in [1.29, 1.82) is 0 Å². The second-order valence-electron chi connectivity index (χ2n) is 5.22. The van der Waals surface area contributed by atoms with Gasteiger partial charge in [0.15, 0.2) is 0 Å². The number of amides is 1. The van der Waals surface area contributed by atoms with Gasteiger partial charge in [0.25, 0.3) is 5.91 Å². The molecule has 4 heteroatoms. The van der Waals surface area contributed by atoms with Crippen LogP contribution in [0.4, 0.5) is 5.69 Å². The number of benzene rings is 2. The van der Waals surface area contributed by atoms with Crippen molar-refractivity contribution in [2.24, 2.45) is 0 Å². The largest absolute Gasteiger partial charge is 0.398 e. The molecule has 0 spiro atoms. The fraction of sp³-hybridized carbons (Fsp3) is 0.235. The molecule has 2 aromatic carbocycles. The molecule has 110 valence electrons. The first kappa shape index (κ1) is 15.6. The van der Waals surface area contributed by atoms with Crippen molar-refractivity contribution in [1.82, 2.24) is 5.32 Å². The number of aryl methyl sites for hydroxylation is 1. The SMILES string of the molecule is Cc1ccccc1C(C)NC(=O)c1cc(Br)cc(N)c1C. The maximum atomic E-state index is 12.5. The summed E-state index contributed by atoms with van der Waals surface area (Å²) in [5.74, 6) is -0.115. The third kappa shape index (κ3) is 3.45. The number of anilines is 1. The minimum Gasteiger partial charge on any atom is -0.398 e. The molecule has 0 saturated heterocycles. The maximum absolute atomic E-state index is 12.5. The highest BCUT2D eigenvalue weighted by Gasteiger charge is 2.16. The summed E-state index contributed by atoms with van der Waals surface area (Å²) in [6.07, 6.45) is 0. The molecule has 1 atom stereocenters. The van der Waals surface area contributed by atoms with E-state index in [9.17, 15) is 4.79 Å². The van der Waals surface area contributed by atoms with Crippen LogP contribution in [0.25, 0.3) is 0 Å². The van der Waals surface area contributed by atoms with Crippen molar-refractivity contribution < 1.29 is 4.79 Å². The van der Waals surface area contributed by atoms with Crippen LogP contribution in [-0.4, -0.2) is 5.91 Å². The number of nitrogens with two attached hydrogens (primary N) is 1. The zero-order valence-corrected chi connectivity index (χ0v) is 14.0. The Morgan fingerprint density at radius 1 is 1.24 bits per heavy atom. The molecule has 2 aromatic rings. The van der Waals surface area contributed by atoms with Gasteiger partial charge in [0, 0.05) is 15.7 Å². The smallest absolute Gasteiger partial charge is 0.252 e. The second kappa shape index (κ2) is 6.31. The van der Waals surface area contributed by atoms with E-state index >= 15 is 0 Å². The molecule has 3 N–H and O–H groups in total. The molecule has 3 nitrogen and oxygen atoms in total. The number of hydrogen-bond acceptors (Lipinski definition) is 2. The van der Waals surface area contributed by atoms with Crippen LogP contribution in [0.2, 0.25) is 0 Å². The molecule has 1 unspecified atom stereocenters. The lowest BCUT2D eigenvalue weighted by Gasteiger charge is -2.18. The minimum atomic E-state index is -0.115. The van der Waals surface area contributed by atoms with Gasteiger partial charge in [0.2, 0.25) is 0 Å². The summed E-state index contributed by atoms with van der Waals surface area (Å²) in [4.78, 5) is 12.5. The normalized spacial score (nSPS) is 12.0. The second-order valence-corrected chi connectivity index (χ2v) is 6.13. The average Bonchev–Trinajstić information content (AvgIpc) is 2.43. The Balaban J connectivity index is 2.25. The van der Waals surface area contributed by atoms with Crippen molar-refractivity contribution in [3.05, 3.63) is 63.1 Å². The first-order chi connectivity index (χ1) is 9.90. The maximum Gasteiger partial charge on any atom is 0.252 e. The predicted octanol–water partition coefficient (Wildman–Crippen LogP) is 4.14. The van der Waals surface area contributed by atoms with Gasteiger partial charge in [-0.15, -0.1) is 0 Å². The van der Waals surface area contributed by atoms with Crippen molar-refractivity contribution >= 4 is 27.5 Å². The van der Waals surface area contributed by atoms with E-state index in [1.54, 1.807) is 12.1 Å². The molecule has 21 heavy (non-hydrogen) atoms. The van der Waals surface area contributed by atoms with Crippen LogP contribution >= 0.6 is 15.9 Å². The van der Waals surface area contributed by atoms with E-state index in [1.807, 2.05) is 45.0 Å². The highest BCUT2D eigenvalue weighted by atomic mass is 79.9. The molecule has 0 fully saturated rings. The molecule has 0 aliphatic rings. The average molecular weight is 347 g/mol. The summed E-state index contributed by atoms with van der Waals surface area (Å²) in [5, 5.41) is 3.03. The Kier molecular flexibility index (Phi) is 4.68. The van der Waals surface area contributed by atoms with E-state index in [0.29, 0.717) is 11.3 Å². The van der Waals surface area contributed by atoms with Gasteiger partial charge < -0.3 is 11.1 Å². The summed E-state index contributed by atoms with van der Waals surface area (Å²) < 4.78 is 0.805. The molecule has 0 aliphatic heterocycles. The van der Waals surface area contributed by atoms with E-state index in [1.165, 1.54) is 0 Å². The molecule has 0 radical (unpaired) electrons. The van der Waals surface area contributed by atoms with Crippen LogP contribution in [0.3, 0.4) is 0 Å². The van der Waals surface area contributed by atoms with E-state index in [2.05, 4.69) is 21.2 Å². The summed E-state index contributed by atoms with van der Waals surface area (Å²) in [5.41, 5.74) is 10.2. The zero-order chi connectivity index (χ0) is 15.6. The standard InChI is InChI=1S/C17H19BrN2O/c1-10-6-4-5-7-14(10)12(3)20-17(21)15-8-13(18)9-16(19)11(15)2/h4-9,12H,19H2,1-3H3,(H,20,21). The molecule has 0 aliphatic carbocycles. The molecular weight excluding hydrogens is 328 g/mol. The van der Waals surface area contributed by atoms with Crippen LogP contribution in [0, 0.1) is 13.8 Å². The van der Waals surface area contributed by atoms with Crippen LogP contribution in [0.1, 0.15) is 40.0 Å². The van der Waals surface area contributed by atoms with Gasteiger partial charge in [-0.1, -0.05) is 40.2 Å². The summed E-state index contributed by atoms with van der Waals surface area (Å²) >= 11 is 3.38. The van der Waals surface area contributed by atoms with Crippen molar-refractivity contribution in [2.75, 3.05) is 5.73 Å². The highest BCUT2D eigenvalue weighted by Crippen LogP contribution is 2.24. The van der Waals surface area contributed by atoms with Crippen LogP contribution in [0.5, 0.6) is 0 Å². The first-order valence-corrected chi connectivity index (χ1v) is 7.61. The van der Waals surface area contributed by atoms with Gasteiger partial charge in [-0.25, -0.2) is 0 Å².